The molecule has 0 saturated carbocycles. The van der Waals surface area contributed by atoms with Crippen LogP contribution in [0.25, 0.3) is 0 Å². The molecule has 2 N–H and O–H groups in total. The monoisotopic (exact) mass is 431 g/mol. The summed E-state index contributed by atoms with van der Waals surface area (Å²) in [5, 5.41) is 11.7. The fourth-order valence-electron chi connectivity index (χ4n) is 3.09. The maximum absolute atomic E-state index is 12.7. The van der Waals surface area contributed by atoms with Gasteiger partial charge in [-0.3, -0.25) is 24.0 Å². The Bertz CT molecular complexity index is 800. The van der Waals surface area contributed by atoms with Crippen LogP contribution in [-0.4, -0.2) is 40.4 Å². The van der Waals surface area contributed by atoms with E-state index in [1.54, 1.807) is 6.92 Å². The second kappa shape index (κ2) is 12.1. The van der Waals surface area contributed by atoms with Crippen molar-refractivity contribution >= 4 is 29.2 Å². The maximum atomic E-state index is 12.7. The Kier molecular flexibility index (Phi) is 10.3. The summed E-state index contributed by atoms with van der Waals surface area (Å²) < 4.78 is 0. The van der Waals surface area contributed by atoms with Crippen LogP contribution in [0.15, 0.2) is 30.3 Å². The van der Waals surface area contributed by atoms with Crippen molar-refractivity contribution in [2.45, 2.75) is 72.3 Å². The molecular weight excluding hydrogens is 398 g/mol. The zero-order chi connectivity index (χ0) is 23.6. The van der Waals surface area contributed by atoms with Gasteiger partial charge < -0.3 is 10.4 Å². The summed E-state index contributed by atoms with van der Waals surface area (Å²) in [5.74, 6) is -3.34. The van der Waals surface area contributed by atoms with E-state index >= 15 is 0 Å². The van der Waals surface area contributed by atoms with Crippen LogP contribution in [0.2, 0.25) is 0 Å². The molecule has 170 valence electrons. The number of carbonyl (C=O) groups excluding carboxylic acids is 4. The molecule has 0 fully saturated rings. The normalized spacial score (nSPS) is 13.2. The number of aliphatic carboxylic acids is 1. The third kappa shape index (κ3) is 8.82. The molecule has 0 aliphatic carbocycles. The highest BCUT2D eigenvalue weighted by Gasteiger charge is 2.35. The molecule has 1 aromatic carbocycles. The highest BCUT2D eigenvalue weighted by molar-refractivity contribution is 6.36. The first-order valence-corrected chi connectivity index (χ1v) is 10.6. The van der Waals surface area contributed by atoms with Gasteiger partial charge in [-0.2, -0.15) is 0 Å². The fraction of sp³-hybridized carbons (Fsp3) is 0.542. The molecule has 0 heterocycles. The minimum Gasteiger partial charge on any atom is -0.481 e. The summed E-state index contributed by atoms with van der Waals surface area (Å²) in [5.41, 5.74) is -0.368. The van der Waals surface area contributed by atoms with Gasteiger partial charge >= 0.3 is 5.97 Å². The molecule has 0 aromatic heterocycles. The summed E-state index contributed by atoms with van der Waals surface area (Å²) in [7, 11) is 0. The van der Waals surface area contributed by atoms with Crippen LogP contribution in [0, 0.1) is 11.3 Å². The van der Waals surface area contributed by atoms with Gasteiger partial charge in [0.25, 0.3) is 5.91 Å². The number of amides is 1. The SMILES string of the molecule is CC[C@H](C)[C@H](NC(=O)C(=O)CCCC(=O)Cc1ccccc1)C(=O)CC(C)(C)C(=O)O. The molecule has 7 nitrogen and oxygen atoms in total. The molecule has 1 amide bonds. The molecule has 0 spiro atoms. The summed E-state index contributed by atoms with van der Waals surface area (Å²) in [4.78, 5) is 60.6. The standard InChI is InChI=1S/C24H33NO6/c1-5-16(2)21(20(28)15-24(3,4)23(30)31)25-22(29)19(27)13-9-12-18(26)14-17-10-7-6-8-11-17/h6-8,10-11,16,21H,5,9,12-15H2,1-4H3,(H,25,29)(H,30,31)/t16-,21-/m0/s1. The lowest BCUT2D eigenvalue weighted by atomic mass is 9.82. The number of nitrogens with one attached hydrogen (secondary N) is 1. The minimum atomic E-state index is -1.27. The Labute approximate surface area is 183 Å². The molecule has 7 heteroatoms. The number of rotatable bonds is 14. The van der Waals surface area contributed by atoms with E-state index in [2.05, 4.69) is 5.32 Å². The van der Waals surface area contributed by atoms with Crippen LogP contribution in [0.3, 0.4) is 0 Å². The lowest BCUT2D eigenvalue weighted by Crippen LogP contribution is -2.49. The second-order valence-electron chi connectivity index (χ2n) is 8.65. The number of Topliss-reactive ketones (excluding diaryl/α,β-unsaturated/α-hetero) is 3. The molecule has 0 radical (unpaired) electrons. The molecule has 2 atom stereocenters. The van der Waals surface area contributed by atoms with Crippen molar-refractivity contribution in [1.82, 2.24) is 5.32 Å². The Morgan fingerprint density at radius 3 is 2.19 bits per heavy atom. The smallest absolute Gasteiger partial charge is 0.309 e. The average molecular weight is 432 g/mol. The van der Waals surface area contributed by atoms with Gasteiger partial charge in [-0.25, -0.2) is 0 Å². The van der Waals surface area contributed by atoms with Crippen molar-refractivity contribution in [3.8, 4) is 0 Å². The Morgan fingerprint density at radius 2 is 1.65 bits per heavy atom. The first kappa shape index (κ1) is 26.2. The van der Waals surface area contributed by atoms with Crippen molar-refractivity contribution in [2.75, 3.05) is 0 Å². The molecule has 0 aliphatic heterocycles. The molecule has 0 saturated heterocycles. The van der Waals surface area contributed by atoms with Crippen LogP contribution >= 0.6 is 0 Å². The number of hydrogen-bond acceptors (Lipinski definition) is 5. The molecule has 1 rings (SSSR count). The summed E-state index contributed by atoms with van der Waals surface area (Å²) in [6.45, 7) is 6.50. The predicted molar refractivity (Wildman–Crippen MR) is 116 cm³/mol. The number of hydrogen-bond donors (Lipinski definition) is 2. The van der Waals surface area contributed by atoms with Crippen LogP contribution in [0.5, 0.6) is 0 Å². The minimum absolute atomic E-state index is 0.0111. The first-order chi connectivity index (χ1) is 14.5. The number of ketones is 3. The van der Waals surface area contributed by atoms with Gasteiger partial charge in [-0.1, -0.05) is 50.6 Å². The van der Waals surface area contributed by atoms with E-state index in [4.69, 9.17) is 0 Å². The Hall–Kier alpha value is -2.83. The first-order valence-electron chi connectivity index (χ1n) is 10.6. The van der Waals surface area contributed by atoms with Gasteiger partial charge in [0.1, 0.15) is 5.78 Å². The third-order valence-electron chi connectivity index (χ3n) is 5.40. The quantitative estimate of drug-likeness (QED) is 0.437. The Balaban J connectivity index is 2.59. The van der Waals surface area contributed by atoms with E-state index in [9.17, 15) is 29.1 Å². The summed E-state index contributed by atoms with van der Waals surface area (Å²) in [6, 6.07) is 8.35. The average Bonchev–Trinajstić information content (AvgIpc) is 2.71. The fourth-order valence-corrected chi connectivity index (χ4v) is 3.09. The van der Waals surface area contributed by atoms with E-state index in [1.807, 2.05) is 37.3 Å². The zero-order valence-electron chi connectivity index (χ0n) is 18.8. The lowest BCUT2D eigenvalue weighted by Gasteiger charge is -2.26. The van der Waals surface area contributed by atoms with Crippen LogP contribution in [0.1, 0.15) is 65.4 Å². The summed E-state index contributed by atoms with van der Waals surface area (Å²) in [6.07, 6.45) is 0.964. The molecule has 0 bridgehead atoms. The van der Waals surface area contributed by atoms with Crippen molar-refractivity contribution in [3.63, 3.8) is 0 Å². The van der Waals surface area contributed by atoms with Crippen LogP contribution in [-0.2, 0) is 30.4 Å². The van der Waals surface area contributed by atoms with E-state index < -0.39 is 34.9 Å². The Morgan fingerprint density at radius 1 is 1.03 bits per heavy atom. The van der Waals surface area contributed by atoms with Gasteiger partial charge in [0.2, 0.25) is 5.78 Å². The van der Waals surface area contributed by atoms with Crippen LogP contribution in [0.4, 0.5) is 0 Å². The molecule has 0 unspecified atom stereocenters. The maximum Gasteiger partial charge on any atom is 0.309 e. The van der Waals surface area contributed by atoms with Crippen molar-refractivity contribution < 1.29 is 29.1 Å². The van der Waals surface area contributed by atoms with E-state index in [1.165, 1.54) is 13.8 Å². The molecular formula is C24H33NO6. The van der Waals surface area contributed by atoms with Gasteiger partial charge in [0.15, 0.2) is 5.78 Å². The third-order valence-corrected chi connectivity index (χ3v) is 5.40. The van der Waals surface area contributed by atoms with E-state index in [-0.39, 0.29) is 43.8 Å². The number of carbonyl (C=O) groups is 5. The number of carboxylic acids is 1. The summed E-state index contributed by atoms with van der Waals surface area (Å²) >= 11 is 0. The van der Waals surface area contributed by atoms with Gasteiger partial charge in [0.05, 0.1) is 11.5 Å². The van der Waals surface area contributed by atoms with Crippen molar-refractivity contribution in [1.29, 1.82) is 0 Å². The van der Waals surface area contributed by atoms with Crippen molar-refractivity contribution in [2.24, 2.45) is 11.3 Å². The lowest BCUT2D eigenvalue weighted by molar-refractivity contribution is -0.150. The second-order valence-corrected chi connectivity index (χ2v) is 8.65. The van der Waals surface area contributed by atoms with Gasteiger partial charge in [-0.05, 0) is 31.7 Å². The molecule has 31 heavy (non-hydrogen) atoms. The van der Waals surface area contributed by atoms with Crippen LogP contribution < -0.4 is 5.32 Å². The number of carboxylic acid groups (broad SMARTS) is 1. The number of benzene rings is 1. The van der Waals surface area contributed by atoms with E-state index in [0.717, 1.165) is 5.56 Å². The molecule has 0 aliphatic rings. The highest BCUT2D eigenvalue weighted by Crippen LogP contribution is 2.23. The largest absolute Gasteiger partial charge is 0.481 e. The topological polar surface area (TPSA) is 118 Å². The van der Waals surface area contributed by atoms with Gasteiger partial charge in [-0.15, -0.1) is 0 Å². The van der Waals surface area contributed by atoms with Crippen molar-refractivity contribution in [3.05, 3.63) is 35.9 Å². The molecule has 1 aromatic rings. The highest BCUT2D eigenvalue weighted by atomic mass is 16.4. The van der Waals surface area contributed by atoms with E-state index in [0.29, 0.717) is 6.42 Å². The van der Waals surface area contributed by atoms with Gasteiger partial charge in [0, 0.05) is 25.7 Å². The zero-order valence-corrected chi connectivity index (χ0v) is 18.8. The predicted octanol–water partition coefficient (Wildman–Crippen LogP) is 3.14.